The lowest BCUT2D eigenvalue weighted by atomic mass is 10.2. The fraction of sp³-hybridized carbons (Fsp3) is 0.235. The number of aromatic nitrogens is 2. The van der Waals surface area contributed by atoms with Gasteiger partial charge in [-0.25, -0.2) is 0 Å². The largest absolute Gasteiger partial charge is 0.341 e. The minimum Gasteiger partial charge on any atom is -0.341 e. The Morgan fingerprint density at radius 1 is 1.29 bits per heavy atom. The Balaban J connectivity index is 1.68. The third kappa shape index (κ3) is 3.66. The first-order valence-electron chi connectivity index (χ1n) is 7.47. The van der Waals surface area contributed by atoms with Gasteiger partial charge >= 0.3 is 0 Å². The second-order valence-corrected chi connectivity index (χ2v) is 7.25. The Morgan fingerprint density at radius 2 is 2.08 bits per heavy atom. The van der Waals surface area contributed by atoms with Gasteiger partial charge in [0.15, 0.2) is 0 Å². The Labute approximate surface area is 148 Å². The molecule has 0 aliphatic heterocycles. The number of nitrogens with zero attached hydrogens (tertiary/aromatic N) is 3. The molecule has 0 spiro atoms. The van der Waals surface area contributed by atoms with E-state index in [0.717, 1.165) is 14.7 Å². The molecule has 0 saturated carbocycles. The van der Waals surface area contributed by atoms with E-state index in [1.54, 1.807) is 22.7 Å². The summed E-state index contributed by atoms with van der Waals surface area (Å²) in [5, 5.41) is 4.76. The molecule has 2 heterocycles. The van der Waals surface area contributed by atoms with Crippen LogP contribution in [0.15, 0.2) is 47.4 Å². The molecule has 3 rings (SSSR count). The van der Waals surface area contributed by atoms with Gasteiger partial charge < -0.3 is 4.90 Å². The number of carbonyl (C=O) groups excluding carboxylic acids is 1. The molecule has 0 aliphatic rings. The first kappa shape index (κ1) is 16.7. The summed E-state index contributed by atoms with van der Waals surface area (Å²) in [6, 6.07) is 11.0. The number of rotatable bonds is 5. The zero-order valence-corrected chi connectivity index (χ0v) is 14.7. The van der Waals surface area contributed by atoms with Crippen molar-refractivity contribution in [3.63, 3.8) is 0 Å². The van der Waals surface area contributed by atoms with Gasteiger partial charge in [-0.3, -0.25) is 14.3 Å². The van der Waals surface area contributed by atoms with E-state index in [-0.39, 0.29) is 11.3 Å². The molecule has 0 N–H and O–H groups in total. The van der Waals surface area contributed by atoms with Gasteiger partial charge in [-0.15, -0.1) is 11.3 Å². The fourth-order valence-corrected chi connectivity index (χ4v) is 3.63. The van der Waals surface area contributed by atoms with E-state index in [2.05, 4.69) is 5.10 Å². The van der Waals surface area contributed by atoms with Crippen LogP contribution in [0.1, 0.15) is 11.3 Å². The van der Waals surface area contributed by atoms with Crippen molar-refractivity contribution in [3.05, 3.63) is 62.0 Å². The van der Waals surface area contributed by atoms with Gasteiger partial charge in [0, 0.05) is 23.7 Å². The summed E-state index contributed by atoms with van der Waals surface area (Å²) in [5.74, 6) is 0.0177. The standard InChI is InChI=1S/C17H16ClN3O2S/c1-20(11-12-6-7-16(18)24-12)17(23)8-9-21-14-5-3-2-4-13(14)15(22)10-19-21/h2-7,10H,8-9,11H2,1H3. The van der Waals surface area contributed by atoms with Gasteiger partial charge in [-0.1, -0.05) is 23.7 Å². The summed E-state index contributed by atoms with van der Waals surface area (Å²) in [6.45, 7) is 0.962. The average molecular weight is 362 g/mol. The maximum Gasteiger partial charge on any atom is 0.224 e. The molecule has 0 atom stereocenters. The van der Waals surface area contributed by atoms with Crippen molar-refractivity contribution in [1.29, 1.82) is 0 Å². The molecular weight excluding hydrogens is 346 g/mol. The molecular formula is C17H16ClN3O2S. The van der Waals surface area contributed by atoms with E-state index in [4.69, 9.17) is 11.6 Å². The summed E-state index contributed by atoms with van der Waals surface area (Å²) in [4.78, 5) is 26.9. The molecule has 0 radical (unpaired) electrons. The van der Waals surface area contributed by atoms with Crippen LogP contribution in [-0.4, -0.2) is 27.6 Å². The lowest BCUT2D eigenvalue weighted by Gasteiger charge is -2.17. The van der Waals surface area contributed by atoms with E-state index in [1.165, 1.54) is 17.5 Å². The molecule has 0 fully saturated rings. The number of hydrogen-bond donors (Lipinski definition) is 0. The lowest BCUT2D eigenvalue weighted by molar-refractivity contribution is -0.130. The van der Waals surface area contributed by atoms with Crippen LogP contribution in [-0.2, 0) is 17.9 Å². The van der Waals surface area contributed by atoms with Crippen LogP contribution in [0, 0.1) is 0 Å². The Bertz CT molecular complexity index is 935. The molecule has 0 unspecified atom stereocenters. The number of halogens is 1. The molecule has 0 aliphatic carbocycles. The van der Waals surface area contributed by atoms with Crippen molar-refractivity contribution in [3.8, 4) is 0 Å². The Morgan fingerprint density at radius 3 is 2.83 bits per heavy atom. The summed E-state index contributed by atoms with van der Waals surface area (Å²) < 4.78 is 2.42. The quantitative estimate of drug-likeness (QED) is 0.701. The number of thiophene rings is 1. The van der Waals surface area contributed by atoms with Crippen molar-refractivity contribution < 1.29 is 4.79 Å². The third-order valence-corrected chi connectivity index (χ3v) is 4.96. The number of amides is 1. The minimum absolute atomic E-state index is 0.0177. The second-order valence-electron chi connectivity index (χ2n) is 5.45. The highest BCUT2D eigenvalue weighted by Crippen LogP contribution is 2.22. The van der Waals surface area contributed by atoms with Crippen LogP contribution < -0.4 is 5.43 Å². The summed E-state index contributed by atoms with van der Waals surface area (Å²) in [7, 11) is 1.77. The molecule has 0 saturated heterocycles. The van der Waals surface area contributed by atoms with Gasteiger partial charge in [0.25, 0.3) is 0 Å². The number of hydrogen-bond acceptors (Lipinski definition) is 4. The first-order chi connectivity index (χ1) is 11.5. The van der Waals surface area contributed by atoms with Crippen molar-refractivity contribution in [2.45, 2.75) is 19.5 Å². The monoisotopic (exact) mass is 361 g/mol. The van der Waals surface area contributed by atoms with Crippen LogP contribution in [0.25, 0.3) is 10.9 Å². The predicted octanol–water partition coefficient (Wildman–Crippen LogP) is 3.16. The average Bonchev–Trinajstić information content (AvgIpc) is 2.99. The molecule has 0 bridgehead atoms. The molecule has 1 aromatic carbocycles. The first-order valence-corrected chi connectivity index (χ1v) is 8.67. The molecule has 124 valence electrons. The molecule has 7 heteroatoms. The highest BCUT2D eigenvalue weighted by atomic mass is 35.5. The van der Waals surface area contributed by atoms with Crippen molar-refractivity contribution in [1.82, 2.24) is 14.7 Å². The van der Waals surface area contributed by atoms with E-state index in [0.29, 0.717) is 24.9 Å². The number of aryl methyl sites for hydroxylation is 1. The predicted molar refractivity (Wildman–Crippen MR) is 96.4 cm³/mol. The molecule has 3 aromatic rings. The van der Waals surface area contributed by atoms with Gasteiger partial charge in [0.05, 0.1) is 29.1 Å². The summed E-state index contributed by atoms with van der Waals surface area (Å²) >= 11 is 7.38. The number of fused-ring (bicyclic) bond motifs is 1. The van der Waals surface area contributed by atoms with E-state index < -0.39 is 0 Å². The Hall–Kier alpha value is -2.18. The van der Waals surface area contributed by atoms with Gasteiger partial charge in [0.2, 0.25) is 11.3 Å². The summed E-state index contributed by atoms with van der Waals surface area (Å²) in [5.41, 5.74) is 0.630. The molecule has 1 amide bonds. The lowest BCUT2D eigenvalue weighted by Crippen LogP contribution is -2.27. The van der Waals surface area contributed by atoms with E-state index >= 15 is 0 Å². The number of carbonyl (C=O) groups is 1. The highest BCUT2D eigenvalue weighted by molar-refractivity contribution is 7.16. The third-order valence-electron chi connectivity index (χ3n) is 3.75. The van der Waals surface area contributed by atoms with Crippen LogP contribution >= 0.6 is 22.9 Å². The molecule has 5 nitrogen and oxygen atoms in total. The fourth-order valence-electron chi connectivity index (χ4n) is 2.49. The van der Waals surface area contributed by atoms with Gasteiger partial charge in [-0.05, 0) is 24.3 Å². The smallest absolute Gasteiger partial charge is 0.224 e. The zero-order valence-electron chi connectivity index (χ0n) is 13.1. The second kappa shape index (κ2) is 7.15. The molecule has 2 aromatic heterocycles. The van der Waals surface area contributed by atoms with Crippen molar-refractivity contribution in [2.24, 2.45) is 0 Å². The maximum atomic E-state index is 12.3. The van der Waals surface area contributed by atoms with E-state index in [9.17, 15) is 9.59 Å². The zero-order chi connectivity index (χ0) is 17.1. The van der Waals surface area contributed by atoms with Crippen LogP contribution in [0.5, 0.6) is 0 Å². The topological polar surface area (TPSA) is 55.2 Å². The minimum atomic E-state index is -0.111. The summed E-state index contributed by atoms with van der Waals surface area (Å²) in [6.07, 6.45) is 1.61. The number of benzene rings is 1. The number of para-hydroxylation sites is 1. The molecule has 24 heavy (non-hydrogen) atoms. The van der Waals surface area contributed by atoms with Crippen molar-refractivity contribution in [2.75, 3.05) is 7.05 Å². The maximum absolute atomic E-state index is 12.3. The highest BCUT2D eigenvalue weighted by Gasteiger charge is 2.12. The normalized spacial score (nSPS) is 10.9. The van der Waals surface area contributed by atoms with Crippen LogP contribution in [0.4, 0.5) is 0 Å². The van der Waals surface area contributed by atoms with Crippen molar-refractivity contribution >= 4 is 39.7 Å². The Kier molecular flexibility index (Phi) is 4.97. The SMILES string of the molecule is CN(Cc1ccc(Cl)s1)C(=O)CCn1ncc(=O)c2ccccc21. The van der Waals surface area contributed by atoms with Gasteiger partial charge in [-0.2, -0.15) is 5.10 Å². The van der Waals surface area contributed by atoms with Crippen LogP contribution in [0.2, 0.25) is 4.34 Å². The van der Waals surface area contributed by atoms with Crippen LogP contribution in [0.3, 0.4) is 0 Å². The van der Waals surface area contributed by atoms with Gasteiger partial charge in [0.1, 0.15) is 0 Å². The van der Waals surface area contributed by atoms with E-state index in [1.807, 2.05) is 30.3 Å².